The van der Waals surface area contributed by atoms with E-state index in [1.807, 2.05) is 30.3 Å². The van der Waals surface area contributed by atoms with Crippen molar-refractivity contribution < 1.29 is 23.4 Å². The van der Waals surface area contributed by atoms with Gasteiger partial charge in [0.2, 0.25) is 0 Å². The van der Waals surface area contributed by atoms with E-state index in [1.54, 1.807) is 17.9 Å². The predicted octanol–water partition coefficient (Wildman–Crippen LogP) is 5.50. The van der Waals surface area contributed by atoms with Gasteiger partial charge in [0.15, 0.2) is 5.76 Å². The number of rotatable bonds is 8. The van der Waals surface area contributed by atoms with Crippen LogP contribution < -0.4 is 9.47 Å². The van der Waals surface area contributed by atoms with Crippen molar-refractivity contribution in [2.45, 2.75) is 32.5 Å². The Hall–Kier alpha value is -3.61. The lowest BCUT2D eigenvalue weighted by molar-refractivity contribution is 0.0824. The highest BCUT2D eigenvalue weighted by Crippen LogP contribution is 2.23. The third kappa shape index (κ3) is 6.70. The number of ether oxygens (including phenoxy) is 3. The van der Waals surface area contributed by atoms with Gasteiger partial charge in [0, 0.05) is 25.9 Å². The first-order chi connectivity index (χ1) is 15.4. The Balaban J connectivity index is 1.44. The van der Waals surface area contributed by atoms with Crippen LogP contribution in [0.5, 0.6) is 11.5 Å². The zero-order valence-electron chi connectivity index (χ0n) is 18.1. The van der Waals surface area contributed by atoms with Crippen LogP contribution in [0.1, 0.15) is 25.3 Å². The minimum atomic E-state index is -0.429. The highest BCUT2D eigenvalue weighted by atomic mass is 19.1. The summed E-state index contributed by atoms with van der Waals surface area (Å²) >= 11 is 0. The van der Waals surface area contributed by atoms with Gasteiger partial charge in [0.05, 0.1) is 6.20 Å². The molecular formula is C25H27FN2O4. The van der Waals surface area contributed by atoms with Crippen molar-refractivity contribution in [1.82, 2.24) is 4.90 Å². The van der Waals surface area contributed by atoms with E-state index in [9.17, 15) is 9.18 Å². The number of benzene rings is 2. The SMILES string of the molecule is C=N/C=C(/OC(=O)N1CCC(Oc2ccc(OCc3cccc(F)c3)cc2)CC1)C(=C)C. The largest absolute Gasteiger partial charge is 0.490 e. The molecule has 0 spiro atoms. The molecule has 0 aromatic heterocycles. The summed E-state index contributed by atoms with van der Waals surface area (Å²) in [4.78, 5) is 17.6. The first-order valence-electron chi connectivity index (χ1n) is 10.4. The number of aliphatic imine (C=N–C) groups is 1. The van der Waals surface area contributed by atoms with Gasteiger partial charge in [-0.05, 0) is 61.2 Å². The second-order valence-electron chi connectivity index (χ2n) is 7.52. The van der Waals surface area contributed by atoms with E-state index in [-0.39, 0.29) is 18.5 Å². The van der Waals surface area contributed by atoms with Crippen molar-refractivity contribution in [3.8, 4) is 11.5 Å². The van der Waals surface area contributed by atoms with Crippen LogP contribution >= 0.6 is 0 Å². The van der Waals surface area contributed by atoms with E-state index in [0.29, 0.717) is 43.0 Å². The predicted molar refractivity (Wildman–Crippen MR) is 121 cm³/mol. The summed E-state index contributed by atoms with van der Waals surface area (Å²) < 4.78 is 30.3. The standard InChI is InChI=1S/C25H27FN2O4/c1-18(2)24(16-27-3)32-25(29)28-13-11-23(12-14-28)31-22-9-7-21(8-10-22)30-17-19-5-4-6-20(26)15-19/h4-10,15-16,23H,1,3,11-14,17H2,2H3/b24-16+. The normalized spacial score (nSPS) is 14.6. The topological polar surface area (TPSA) is 60.4 Å². The van der Waals surface area contributed by atoms with Crippen LogP contribution in [0.15, 0.2) is 77.6 Å². The lowest BCUT2D eigenvalue weighted by atomic mass is 10.1. The van der Waals surface area contributed by atoms with Crippen molar-refractivity contribution in [1.29, 1.82) is 0 Å². The van der Waals surface area contributed by atoms with Crippen LogP contribution in [-0.4, -0.2) is 36.9 Å². The molecule has 7 heteroatoms. The van der Waals surface area contributed by atoms with Gasteiger partial charge >= 0.3 is 6.09 Å². The molecule has 168 valence electrons. The van der Waals surface area contributed by atoms with Crippen LogP contribution in [0.4, 0.5) is 9.18 Å². The van der Waals surface area contributed by atoms with Gasteiger partial charge in [-0.2, -0.15) is 0 Å². The summed E-state index contributed by atoms with van der Waals surface area (Å²) in [5, 5.41) is 0. The Morgan fingerprint density at radius 3 is 2.50 bits per heavy atom. The minimum Gasteiger partial charge on any atom is -0.490 e. The van der Waals surface area contributed by atoms with Crippen LogP contribution in [0, 0.1) is 5.82 Å². The van der Waals surface area contributed by atoms with Gasteiger partial charge in [-0.15, -0.1) is 0 Å². The molecule has 1 heterocycles. The molecular weight excluding hydrogens is 411 g/mol. The van der Waals surface area contributed by atoms with Gasteiger partial charge in [-0.3, -0.25) is 4.99 Å². The molecule has 6 nitrogen and oxygen atoms in total. The lowest BCUT2D eigenvalue weighted by Crippen LogP contribution is -2.42. The fraction of sp³-hybridized carbons (Fsp3) is 0.280. The number of likely N-dealkylation sites (tertiary alicyclic amines) is 1. The average molecular weight is 438 g/mol. The number of hydrogen-bond acceptors (Lipinski definition) is 5. The maximum absolute atomic E-state index is 13.2. The Morgan fingerprint density at radius 2 is 1.88 bits per heavy atom. The molecule has 2 aromatic rings. The van der Waals surface area contributed by atoms with Crippen molar-refractivity contribution in [2.24, 2.45) is 4.99 Å². The smallest absolute Gasteiger partial charge is 0.415 e. The first kappa shape index (κ1) is 23.1. The highest BCUT2D eigenvalue weighted by molar-refractivity contribution is 5.69. The molecule has 1 saturated heterocycles. The lowest BCUT2D eigenvalue weighted by Gasteiger charge is -2.31. The molecule has 0 atom stereocenters. The first-order valence-corrected chi connectivity index (χ1v) is 10.4. The number of piperidine rings is 1. The summed E-state index contributed by atoms with van der Waals surface area (Å²) in [6.45, 7) is 10.2. The van der Waals surface area contributed by atoms with Gasteiger partial charge in [-0.25, -0.2) is 9.18 Å². The van der Waals surface area contributed by atoms with E-state index in [1.165, 1.54) is 18.3 Å². The molecule has 0 N–H and O–H groups in total. The molecule has 1 amide bonds. The van der Waals surface area contributed by atoms with Gasteiger partial charge in [0.25, 0.3) is 0 Å². The Labute approximate surface area is 187 Å². The minimum absolute atomic E-state index is 0.00380. The van der Waals surface area contributed by atoms with Crippen LogP contribution in [0.25, 0.3) is 0 Å². The Bertz CT molecular complexity index is 980. The third-order valence-electron chi connectivity index (χ3n) is 4.95. The second kappa shape index (κ2) is 11.1. The number of carbonyl (C=O) groups is 1. The highest BCUT2D eigenvalue weighted by Gasteiger charge is 2.25. The molecule has 0 bridgehead atoms. The second-order valence-corrected chi connectivity index (χ2v) is 7.52. The fourth-order valence-electron chi connectivity index (χ4n) is 3.22. The van der Waals surface area contributed by atoms with Crippen molar-refractivity contribution in [3.63, 3.8) is 0 Å². The molecule has 0 unspecified atom stereocenters. The van der Waals surface area contributed by atoms with Crippen LogP contribution in [-0.2, 0) is 11.3 Å². The number of halogens is 1. The van der Waals surface area contributed by atoms with E-state index < -0.39 is 6.09 Å². The summed E-state index contributed by atoms with van der Waals surface area (Å²) in [7, 11) is 0. The molecule has 1 aliphatic heterocycles. The fourth-order valence-corrected chi connectivity index (χ4v) is 3.22. The number of carbonyl (C=O) groups excluding carboxylic acids is 1. The van der Waals surface area contributed by atoms with Crippen molar-refractivity contribution >= 4 is 12.8 Å². The van der Waals surface area contributed by atoms with Crippen molar-refractivity contribution in [3.05, 3.63) is 84.0 Å². The van der Waals surface area contributed by atoms with Gasteiger partial charge in [0.1, 0.15) is 30.0 Å². The average Bonchev–Trinajstić information content (AvgIpc) is 2.79. The Morgan fingerprint density at radius 1 is 1.19 bits per heavy atom. The molecule has 0 saturated carbocycles. The molecule has 2 aromatic carbocycles. The molecule has 0 aliphatic carbocycles. The zero-order valence-corrected chi connectivity index (χ0v) is 18.1. The van der Waals surface area contributed by atoms with E-state index >= 15 is 0 Å². The molecule has 3 rings (SSSR count). The molecule has 0 radical (unpaired) electrons. The Kier molecular flexibility index (Phi) is 8.02. The maximum atomic E-state index is 13.2. The molecule has 32 heavy (non-hydrogen) atoms. The monoisotopic (exact) mass is 438 g/mol. The summed E-state index contributed by atoms with van der Waals surface area (Å²) in [6.07, 6.45) is 2.34. The van der Waals surface area contributed by atoms with Gasteiger partial charge in [-0.1, -0.05) is 18.7 Å². The van der Waals surface area contributed by atoms with E-state index in [4.69, 9.17) is 14.2 Å². The quantitative estimate of drug-likeness (QED) is 0.310. The maximum Gasteiger partial charge on any atom is 0.415 e. The van der Waals surface area contributed by atoms with E-state index in [0.717, 1.165) is 11.3 Å². The van der Waals surface area contributed by atoms with Gasteiger partial charge < -0.3 is 19.1 Å². The van der Waals surface area contributed by atoms with Crippen molar-refractivity contribution in [2.75, 3.05) is 13.1 Å². The summed E-state index contributed by atoms with van der Waals surface area (Å²) in [5.74, 6) is 1.43. The van der Waals surface area contributed by atoms with Crippen LogP contribution in [0.2, 0.25) is 0 Å². The van der Waals surface area contributed by atoms with E-state index in [2.05, 4.69) is 18.3 Å². The number of allylic oxidation sites excluding steroid dienone is 1. The summed E-state index contributed by atoms with van der Waals surface area (Å²) in [5.41, 5.74) is 1.37. The summed E-state index contributed by atoms with van der Waals surface area (Å²) in [6, 6.07) is 13.6. The number of nitrogens with zero attached hydrogens (tertiary/aromatic N) is 2. The molecule has 1 aliphatic rings. The molecule has 1 fully saturated rings. The number of amides is 1. The number of hydrogen-bond donors (Lipinski definition) is 0. The van der Waals surface area contributed by atoms with Crippen LogP contribution in [0.3, 0.4) is 0 Å². The zero-order chi connectivity index (χ0) is 22.9. The third-order valence-corrected chi connectivity index (χ3v) is 4.95.